The summed E-state index contributed by atoms with van der Waals surface area (Å²) in [6.07, 6.45) is 0.807. The highest BCUT2D eigenvalue weighted by Gasteiger charge is 2.14. The quantitative estimate of drug-likeness (QED) is 0.830. The highest BCUT2D eigenvalue weighted by atomic mass is 35.5. The van der Waals surface area contributed by atoms with Gasteiger partial charge in [0.25, 0.3) is 0 Å². The van der Waals surface area contributed by atoms with Crippen LogP contribution in [0.5, 0.6) is 0 Å². The van der Waals surface area contributed by atoms with Crippen LogP contribution in [0.1, 0.15) is 24.7 Å². The predicted molar refractivity (Wildman–Crippen MR) is 67.3 cm³/mol. The molecule has 0 bridgehead atoms. The van der Waals surface area contributed by atoms with Crippen molar-refractivity contribution in [1.82, 2.24) is 0 Å². The fourth-order valence-electron chi connectivity index (χ4n) is 1.77. The SMILES string of the molecule is COCCCC(O)c1cc2cccc(Cl)c2o1. The van der Waals surface area contributed by atoms with Crippen molar-refractivity contribution >= 4 is 22.6 Å². The lowest BCUT2D eigenvalue weighted by atomic mass is 10.1. The molecule has 1 N–H and O–H groups in total. The van der Waals surface area contributed by atoms with Gasteiger partial charge >= 0.3 is 0 Å². The summed E-state index contributed by atoms with van der Waals surface area (Å²) in [4.78, 5) is 0. The summed E-state index contributed by atoms with van der Waals surface area (Å²) >= 11 is 6.01. The van der Waals surface area contributed by atoms with Crippen LogP contribution in [-0.4, -0.2) is 18.8 Å². The molecule has 1 aromatic heterocycles. The van der Waals surface area contributed by atoms with Gasteiger partial charge in [0.05, 0.1) is 5.02 Å². The van der Waals surface area contributed by atoms with E-state index >= 15 is 0 Å². The highest BCUT2D eigenvalue weighted by molar-refractivity contribution is 6.34. The van der Waals surface area contributed by atoms with Crippen LogP contribution < -0.4 is 0 Å². The number of methoxy groups -OCH3 is 1. The molecule has 3 nitrogen and oxygen atoms in total. The van der Waals surface area contributed by atoms with E-state index in [1.807, 2.05) is 18.2 Å². The van der Waals surface area contributed by atoms with Crippen molar-refractivity contribution in [2.75, 3.05) is 13.7 Å². The number of halogens is 1. The summed E-state index contributed by atoms with van der Waals surface area (Å²) in [6.45, 7) is 0.637. The monoisotopic (exact) mass is 254 g/mol. The van der Waals surface area contributed by atoms with Gasteiger partial charge in [0, 0.05) is 19.1 Å². The molecule has 1 atom stereocenters. The summed E-state index contributed by atoms with van der Waals surface area (Å²) in [7, 11) is 1.65. The largest absolute Gasteiger partial charge is 0.457 e. The molecule has 0 amide bonds. The lowest BCUT2D eigenvalue weighted by Gasteiger charge is -2.06. The highest BCUT2D eigenvalue weighted by Crippen LogP contribution is 2.30. The van der Waals surface area contributed by atoms with Gasteiger partial charge in [0.2, 0.25) is 0 Å². The minimum atomic E-state index is -0.603. The van der Waals surface area contributed by atoms with E-state index < -0.39 is 6.10 Å². The number of fused-ring (bicyclic) bond motifs is 1. The molecule has 0 aliphatic heterocycles. The van der Waals surface area contributed by atoms with E-state index in [2.05, 4.69) is 0 Å². The van der Waals surface area contributed by atoms with Gasteiger partial charge in [0.15, 0.2) is 5.58 Å². The Morgan fingerprint density at radius 3 is 3.00 bits per heavy atom. The number of aliphatic hydroxyl groups excluding tert-OH is 1. The predicted octanol–water partition coefficient (Wildman–Crippen LogP) is 3.55. The van der Waals surface area contributed by atoms with E-state index in [9.17, 15) is 5.11 Å². The van der Waals surface area contributed by atoms with Crippen molar-refractivity contribution in [2.24, 2.45) is 0 Å². The molecule has 0 fully saturated rings. The van der Waals surface area contributed by atoms with E-state index in [1.165, 1.54) is 0 Å². The summed E-state index contributed by atoms with van der Waals surface area (Å²) in [5.41, 5.74) is 0.634. The van der Waals surface area contributed by atoms with Crippen LogP contribution in [0.4, 0.5) is 0 Å². The Morgan fingerprint density at radius 2 is 2.29 bits per heavy atom. The van der Waals surface area contributed by atoms with Crippen LogP contribution in [0.3, 0.4) is 0 Å². The van der Waals surface area contributed by atoms with Gasteiger partial charge in [-0.05, 0) is 25.0 Å². The first-order valence-electron chi connectivity index (χ1n) is 5.57. The van der Waals surface area contributed by atoms with E-state index in [0.717, 1.165) is 11.8 Å². The number of benzene rings is 1. The summed E-state index contributed by atoms with van der Waals surface area (Å²) in [5.74, 6) is 0.559. The van der Waals surface area contributed by atoms with Crippen molar-refractivity contribution in [2.45, 2.75) is 18.9 Å². The molecule has 0 spiro atoms. The van der Waals surface area contributed by atoms with Crippen molar-refractivity contribution in [3.05, 3.63) is 35.0 Å². The zero-order valence-electron chi connectivity index (χ0n) is 9.65. The van der Waals surface area contributed by atoms with E-state index in [1.54, 1.807) is 13.2 Å². The first-order valence-corrected chi connectivity index (χ1v) is 5.95. The minimum Gasteiger partial charge on any atom is -0.457 e. The molecular formula is C13H15ClO3. The third-order valence-corrected chi connectivity index (χ3v) is 2.97. The van der Waals surface area contributed by atoms with Gasteiger partial charge in [-0.25, -0.2) is 0 Å². The molecule has 1 unspecified atom stereocenters. The van der Waals surface area contributed by atoms with Crippen molar-refractivity contribution in [3.63, 3.8) is 0 Å². The molecule has 1 heterocycles. The number of rotatable bonds is 5. The second-order valence-corrected chi connectivity index (χ2v) is 4.36. The number of hydrogen-bond donors (Lipinski definition) is 1. The van der Waals surface area contributed by atoms with Crippen LogP contribution in [-0.2, 0) is 4.74 Å². The summed E-state index contributed by atoms with van der Waals surface area (Å²) < 4.78 is 10.5. The molecule has 2 aromatic rings. The van der Waals surface area contributed by atoms with Gasteiger partial charge < -0.3 is 14.3 Å². The van der Waals surface area contributed by atoms with Gasteiger partial charge in [-0.15, -0.1) is 0 Å². The maximum Gasteiger partial charge on any atom is 0.152 e. The van der Waals surface area contributed by atoms with Crippen molar-refractivity contribution in [3.8, 4) is 0 Å². The van der Waals surface area contributed by atoms with Crippen LogP contribution in [0, 0.1) is 0 Å². The Kier molecular flexibility index (Phi) is 4.05. The topological polar surface area (TPSA) is 42.6 Å². The fraction of sp³-hybridized carbons (Fsp3) is 0.385. The number of furan rings is 1. The second-order valence-electron chi connectivity index (χ2n) is 3.96. The van der Waals surface area contributed by atoms with Gasteiger partial charge in [-0.3, -0.25) is 0 Å². The van der Waals surface area contributed by atoms with Crippen molar-refractivity contribution in [1.29, 1.82) is 0 Å². The fourth-order valence-corrected chi connectivity index (χ4v) is 2.00. The van der Waals surface area contributed by atoms with Crippen LogP contribution >= 0.6 is 11.6 Å². The zero-order valence-corrected chi connectivity index (χ0v) is 10.4. The number of aliphatic hydroxyl groups is 1. The van der Waals surface area contributed by atoms with Crippen LogP contribution in [0.2, 0.25) is 5.02 Å². The summed E-state index contributed by atoms with van der Waals surface area (Å²) in [6, 6.07) is 7.38. The number of ether oxygens (including phenoxy) is 1. The Labute approximate surface area is 105 Å². The zero-order chi connectivity index (χ0) is 12.3. The summed E-state index contributed by atoms with van der Waals surface area (Å²) in [5, 5.41) is 11.4. The first kappa shape index (κ1) is 12.4. The average Bonchev–Trinajstić information content (AvgIpc) is 2.75. The molecule has 1 aromatic carbocycles. The maximum absolute atomic E-state index is 9.95. The third kappa shape index (κ3) is 2.80. The molecule has 92 valence electrons. The van der Waals surface area contributed by atoms with E-state index in [0.29, 0.717) is 29.4 Å². The Morgan fingerprint density at radius 1 is 1.47 bits per heavy atom. The standard InChI is InChI=1S/C13H15ClO3/c1-16-7-3-6-11(15)12-8-9-4-2-5-10(14)13(9)17-12/h2,4-5,8,11,15H,3,6-7H2,1H3. The van der Waals surface area contributed by atoms with Gasteiger partial charge in [-0.2, -0.15) is 0 Å². The Bertz CT molecular complexity index is 492. The average molecular weight is 255 g/mol. The molecule has 0 saturated heterocycles. The first-order chi connectivity index (χ1) is 8.22. The normalized spacial score (nSPS) is 13.1. The number of hydrogen-bond acceptors (Lipinski definition) is 3. The Hall–Kier alpha value is -1.03. The molecule has 0 radical (unpaired) electrons. The molecule has 0 aliphatic rings. The molecule has 0 saturated carbocycles. The van der Waals surface area contributed by atoms with Gasteiger partial charge in [-0.1, -0.05) is 23.7 Å². The molecular weight excluding hydrogens is 240 g/mol. The molecule has 0 aliphatic carbocycles. The molecule has 17 heavy (non-hydrogen) atoms. The number of para-hydroxylation sites is 1. The Balaban J connectivity index is 2.16. The minimum absolute atomic E-state index is 0.559. The lowest BCUT2D eigenvalue weighted by molar-refractivity contribution is 0.120. The molecule has 4 heteroatoms. The van der Waals surface area contributed by atoms with E-state index in [-0.39, 0.29) is 0 Å². The van der Waals surface area contributed by atoms with Crippen LogP contribution in [0.25, 0.3) is 11.0 Å². The van der Waals surface area contributed by atoms with Crippen LogP contribution in [0.15, 0.2) is 28.7 Å². The maximum atomic E-state index is 9.95. The lowest BCUT2D eigenvalue weighted by Crippen LogP contribution is -1.98. The van der Waals surface area contributed by atoms with Crippen molar-refractivity contribution < 1.29 is 14.3 Å². The third-order valence-electron chi connectivity index (χ3n) is 2.67. The van der Waals surface area contributed by atoms with Gasteiger partial charge in [0.1, 0.15) is 11.9 Å². The second kappa shape index (κ2) is 5.54. The van der Waals surface area contributed by atoms with E-state index in [4.69, 9.17) is 20.8 Å². The molecule has 2 rings (SSSR count). The smallest absolute Gasteiger partial charge is 0.152 e.